The van der Waals surface area contributed by atoms with Crippen LogP contribution in [0.3, 0.4) is 0 Å². The van der Waals surface area contributed by atoms with Gasteiger partial charge in [0.2, 0.25) is 0 Å². The molecule has 3 heteroatoms. The SMILES string of the molecule is COc1cc2cc(C)n(C)c2cc1Br. The number of benzene rings is 1. The first kappa shape index (κ1) is 9.59. The van der Waals surface area contributed by atoms with Crippen molar-refractivity contribution in [3.05, 3.63) is 28.4 Å². The maximum absolute atomic E-state index is 5.25. The lowest BCUT2D eigenvalue weighted by molar-refractivity contribution is 0.413. The first-order chi connectivity index (χ1) is 6.63. The Morgan fingerprint density at radius 3 is 2.64 bits per heavy atom. The van der Waals surface area contributed by atoms with E-state index >= 15 is 0 Å². The quantitative estimate of drug-likeness (QED) is 0.761. The highest BCUT2D eigenvalue weighted by atomic mass is 79.9. The summed E-state index contributed by atoms with van der Waals surface area (Å²) >= 11 is 3.48. The summed E-state index contributed by atoms with van der Waals surface area (Å²) in [6.45, 7) is 2.10. The van der Waals surface area contributed by atoms with Crippen molar-refractivity contribution in [2.75, 3.05) is 7.11 Å². The Labute approximate surface area is 91.6 Å². The van der Waals surface area contributed by atoms with E-state index in [-0.39, 0.29) is 0 Å². The highest BCUT2D eigenvalue weighted by Gasteiger charge is 2.06. The summed E-state index contributed by atoms with van der Waals surface area (Å²) in [7, 11) is 3.75. The number of fused-ring (bicyclic) bond motifs is 1. The maximum atomic E-state index is 5.25. The molecule has 0 atom stereocenters. The molecule has 0 saturated carbocycles. The van der Waals surface area contributed by atoms with Crippen LogP contribution in [-0.2, 0) is 7.05 Å². The zero-order chi connectivity index (χ0) is 10.3. The van der Waals surface area contributed by atoms with Crippen LogP contribution in [0.5, 0.6) is 5.75 Å². The van der Waals surface area contributed by atoms with E-state index in [9.17, 15) is 0 Å². The second kappa shape index (κ2) is 3.31. The molecule has 0 bridgehead atoms. The third-order valence-corrected chi connectivity index (χ3v) is 3.18. The van der Waals surface area contributed by atoms with Gasteiger partial charge in [-0.25, -0.2) is 0 Å². The molecular formula is C11H12BrNO. The van der Waals surface area contributed by atoms with Crippen LogP contribution in [0.15, 0.2) is 22.7 Å². The normalized spacial score (nSPS) is 10.9. The highest BCUT2D eigenvalue weighted by Crippen LogP contribution is 2.31. The minimum atomic E-state index is 0.878. The summed E-state index contributed by atoms with van der Waals surface area (Å²) in [6, 6.07) is 6.29. The first-order valence-electron chi connectivity index (χ1n) is 4.43. The zero-order valence-corrected chi connectivity index (χ0v) is 10.1. The van der Waals surface area contributed by atoms with E-state index in [2.05, 4.69) is 46.6 Å². The van der Waals surface area contributed by atoms with Crippen molar-refractivity contribution in [1.29, 1.82) is 0 Å². The molecule has 0 radical (unpaired) electrons. The monoisotopic (exact) mass is 253 g/mol. The lowest BCUT2D eigenvalue weighted by Gasteiger charge is -2.04. The molecule has 0 saturated heterocycles. The van der Waals surface area contributed by atoms with Gasteiger partial charge in [0, 0.05) is 23.6 Å². The summed E-state index contributed by atoms with van der Waals surface area (Å²) in [6.07, 6.45) is 0. The number of hydrogen-bond acceptors (Lipinski definition) is 1. The molecule has 1 aromatic carbocycles. The maximum Gasteiger partial charge on any atom is 0.133 e. The van der Waals surface area contributed by atoms with Gasteiger partial charge >= 0.3 is 0 Å². The van der Waals surface area contributed by atoms with Crippen LogP contribution in [0.1, 0.15) is 5.69 Å². The van der Waals surface area contributed by atoms with E-state index in [4.69, 9.17) is 4.74 Å². The summed E-state index contributed by atoms with van der Waals surface area (Å²) in [5.74, 6) is 0.878. The van der Waals surface area contributed by atoms with Crippen molar-refractivity contribution in [2.24, 2.45) is 7.05 Å². The smallest absolute Gasteiger partial charge is 0.133 e. The fourth-order valence-electron chi connectivity index (χ4n) is 1.63. The summed E-state index contributed by atoms with van der Waals surface area (Å²) in [5.41, 5.74) is 2.47. The predicted molar refractivity (Wildman–Crippen MR) is 61.9 cm³/mol. The molecule has 0 unspecified atom stereocenters. The number of ether oxygens (including phenoxy) is 1. The lowest BCUT2D eigenvalue weighted by Crippen LogP contribution is -1.90. The Hall–Kier alpha value is -0.960. The Balaban J connectivity index is 2.79. The van der Waals surface area contributed by atoms with Gasteiger partial charge in [0.1, 0.15) is 5.75 Å². The van der Waals surface area contributed by atoms with Crippen molar-refractivity contribution < 1.29 is 4.74 Å². The molecule has 0 N–H and O–H groups in total. The Kier molecular flexibility index (Phi) is 2.27. The number of rotatable bonds is 1. The number of halogens is 1. The molecule has 1 aromatic heterocycles. The molecule has 74 valence electrons. The van der Waals surface area contributed by atoms with Gasteiger partial charge in [-0.15, -0.1) is 0 Å². The fraction of sp³-hybridized carbons (Fsp3) is 0.273. The van der Waals surface area contributed by atoms with Crippen molar-refractivity contribution >= 4 is 26.8 Å². The third kappa shape index (κ3) is 1.32. The largest absolute Gasteiger partial charge is 0.496 e. The van der Waals surface area contributed by atoms with E-state index in [1.807, 2.05) is 6.07 Å². The lowest BCUT2D eigenvalue weighted by atomic mass is 10.2. The van der Waals surface area contributed by atoms with Gasteiger partial charge in [0.05, 0.1) is 11.6 Å². The van der Waals surface area contributed by atoms with Crippen LogP contribution in [-0.4, -0.2) is 11.7 Å². The van der Waals surface area contributed by atoms with Gasteiger partial charge in [-0.05, 0) is 41.1 Å². The van der Waals surface area contributed by atoms with E-state index < -0.39 is 0 Å². The van der Waals surface area contributed by atoms with Gasteiger partial charge in [-0.2, -0.15) is 0 Å². The predicted octanol–water partition coefficient (Wildman–Crippen LogP) is 3.26. The van der Waals surface area contributed by atoms with Gasteiger partial charge in [0.15, 0.2) is 0 Å². The van der Waals surface area contributed by atoms with E-state index in [1.54, 1.807) is 7.11 Å². The van der Waals surface area contributed by atoms with Crippen molar-refractivity contribution in [2.45, 2.75) is 6.92 Å². The summed E-state index contributed by atoms with van der Waals surface area (Å²) < 4.78 is 8.41. The zero-order valence-electron chi connectivity index (χ0n) is 8.47. The van der Waals surface area contributed by atoms with E-state index in [0.717, 1.165) is 10.2 Å². The molecule has 0 amide bonds. The van der Waals surface area contributed by atoms with E-state index in [1.165, 1.54) is 16.6 Å². The van der Waals surface area contributed by atoms with E-state index in [0.29, 0.717) is 0 Å². The molecule has 0 aliphatic rings. The van der Waals surface area contributed by atoms with Crippen molar-refractivity contribution in [3.63, 3.8) is 0 Å². The van der Waals surface area contributed by atoms with Gasteiger partial charge < -0.3 is 9.30 Å². The minimum absolute atomic E-state index is 0.878. The molecule has 0 spiro atoms. The molecular weight excluding hydrogens is 242 g/mol. The van der Waals surface area contributed by atoms with Crippen LogP contribution >= 0.6 is 15.9 Å². The van der Waals surface area contributed by atoms with Crippen LogP contribution in [0, 0.1) is 6.92 Å². The molecule has 14 heavy (non-hydrogen) atoms. The summed E-state index contributed by atoms with van der Waals surface area (Å²) in [4.78, 5) is 0. The van der Waals surface area contributed by atoms with Crippen LogP contribution in [0.4, 0.5) is 0 Å². The highest BCUT2D eigenvalue weighted by molar-refractivity contribution is 9.10. The Bertz CT molecular complexity index is 487. The summed E-state index contributed by atoms with van der Waals surface area (Å²) in [5, 5.41) is 1.21. The van der Waals surface area contributed by atoms with Crippen LogP contribution in [0.2, 0.25) is 0 Å². The molecule has 2 nitrogen and oxygen atoms in total. The molecule has 0 fully saturated rings. The fourth-order valence-corrected chi connectivity index (χ4v) is 2.13. The number of nitrogens with zero attached hydrogens (tertiary/aromatic N) is 1. The molecule has 0 aliphatic heterocycles. The average Bonchev–Trinajstić information content (AvgIpc) is 2.43. The van der Waals surface area contributed by atoms with Gasteiger partial charge in [-0.3, -0.25) is 0 Å². The average molecular weight is 254 g/mol. The standard InChI is InChI=1S/C11H12BrNO/c1-7-4-8-5-11(14-3)9(12)6-10(8)13(7)2/h4-6H,1-3H3. The Morgan fingerprint density at radius 2 is 2.00 bits per heavy atom. The van der Waals surface area contributed by atoms with Gasteiger partial charge in [-0.1, -0.05) is 0 Å². The van der Waals surface area contributed by atoms with Crippen LogP contribution < -0.4 is 4.74 Å². The van der Waals surface area contributed by atoms with Crippen molar-refractivity contribution in [1.82, 2.24) is 4.57 Å². The Morgan fingerprint density at radius 1 is 1.29 bits per heavy atom. The number of aryl methyl sites for hydroxylation is 2. The number of methoxy groups -OCH3 is 1. The number of hydrogen-bond donors (Lipinski definition) is 0. The molecule has 2 rings (SSSR count). The first-order valence-corrected chi connectivity index (χ1v) is 5.22. The second-order valence-corrected chi connectivity index (χ2v) is 4.24. The second-order valence-electron chi connectivity index (χ2n) is 3.39. The molecule has 1 heterocycles. The van der Waals surface area contributed by atoms with Crippen molar-refractivity contribution in [3.8, 4) is 5.75 Å². The van der Waals surface area contributed by atoms with Gasteiger partial charge in [0.25, 0.3) is 0 Å². The number of aromatic nitrogens is 1. The molecule has 0 aliphatic carbocycles. The van der Waals surface area contributed by atoms with Crippen LogP contribution in [0.25, 0.3) is 10.9 Å². The minimum Gasteiger partial charge on any atom is -0.496 e. The molecule has 2 aromatic rings. The topological polar surface area (TPSA) is 14.2 Å². The third-order valence-electron chi connectivity index (χ3n) is 2.56.